The molecule has 2 saturated heterocycles. The van der Waals surface area contributed by atoms with Crippen molar-refractivity contribution >= 4 is 17.9 Å². The van der Waals surface area contributed by atoms with Crippen molar-refractivity contribution in [1.29, 1.82) is 0 Å². The lowest BCUT2D eigenvalue weighted by Gasteiger charge is -2.57. The van der Waals surface area contributed by atoms with Gasteiger partial charge in [-0.05, 0) is 31.3 Å². The highest BCUT2D eigenvalue weighted by Gasteiger charge is 2.84. The molecular weight excluding hydrogens is 432 g/mol. The first-order chi connectivity index (χ1) is 15.4. The Morgan fingerprint density at radius 2 is 2.03 bits per heavy atom. The van der Waals surface area contributed by atoms with E-state index in [2.05, 4.69) is 0 Å². The van der Waals surface area contributed by atoms with Crippen LogP contribution >= 0.6 is 0 Å². The van der Waals surface area contributed by atoms with Gasteiger partial charge in [-0.25, -0.2) is 9.59 Å². The summed E-state index contributed by atoms with van der Waals surface area (Å²) < 4.78 is 23.2. The van der Waals surface area contributed by atoms with Crippen molar-refractivity contribution in [1.82, 2.24) is 0 Å². The Labute approximate surface area is 192 Å². The molecule has 0 aromatic heterocycles. The van der Waals surface area contributed by atoms with Gasteiger partial charge in [0.05, 0.1) is 12.5 Å². The predicted octanol–water partition coefficient (Wildman–Crippen LogP) is 1.10. The molecule has 2 N–H and O–H groups in total. The molecule has 2 saturated carbocycles. The van der Waals surface area contributed by atoms with Crippen molar-refractivity contribution in [2.45, 2.75) is 77.7 Å². The van der Waals surface area contributed by atoms with Gasteiger partial charge in [0.15, 0.2) is 5.79 Å². The summed E-state index contributed by atoms with van der Waals surface area (Å²) in [7, 11) is 0. The largest absolute Gasteiger partial charge is 0.459 e. The first-order valence-electron chi connectivity index (χ1n) is 11.8. The summed E-state index contributed by atoms with van der Waals surface area (Å²) in [5.41, 5.74) is -1.07. The number of carbonyl (C=O) groups is 3. The van der Waals surface area contributed by atoms with Crippen molar-refractivity contribution in [3.63, 3.8) is 0 Å². The Morgan fingerprint density at radius 1 is 1.33 bits per heavy atom. The van der Waals surface area contributed by atoms with Gasteiger partial charge in [-0.15, -0.1) is 0 Å². The number of hydrogen-bond donors (Lipinski definition) is 2. The second-order valence-corrected chi connectivity index (χ2v) is 10.9. The van der Waals surface area contributed by atoms with Crippen LogP contribution in [0.1, 0.15) is 47.5 Å². The average molecular weight is 465 g/mol. The van der Waals surface area contributed by atoms with Gasteiger partial charge < -0.3 is 29.2 Å². The lowest BCUT2D eigenvalue weighted by molar-refractivity contribution is -0.305. The van der Waals surface area contributed by atoms with Gasteiger partial charge in [0.25, 0.3) is 0 Å². The number of hydrogen-bond acceptors (Lipinski definition) is 9. The minimum Gasteiger partial charge on any atom is -0.459 e. The second kappa shape index (κ2) is 7.02. The van der Waals surface area contributed by atoms with Crippen molar-refractivity contribution in [2.75, 3.05) is 6.61 Å². The molecule has 0 amide bonds. The molecule has 11 atom stereocenters. The number of carbonyl (C=O) groups excluding carboxylic acids is 3. The third kappa shape index (κ3) is 2.67. The Hall–Kier alpha value is -1.97. The van der Waals surface area contributed by atoms with E-state index in [-0.39, 0.29) is 6.61 Å². The number of rotatable bonds is 4. The summed E-state index contributed by atoms with van der Waals surface area (Å²) in [5, 5.41) is 23.0. The SMILES string of the molecule is CC[C@@H](C)C(=O)O[C@H]1C(=O)O[C@@H]2C[C@](C)([C@H]3OC(=O)C=C3C)[C@H]3[C@@]4(O)OC[C@@]23[C@@H]1[C@@H](C)[C@H]4O. The van der Waals surface area contributed by atoms with E-state index in [1.165, 1.54) is 6.08 Å². The average Bonchev–Trinajstić information content (AvgIpc) is 3.34. The lowest BCUT2D eigenvalue weighted by atomic mass is 9.50. The topological polar surface area (TPSA) is 129 Å². The van der Waals surface area contributed by atoms with E-state index in [9.17, 15) is 24.6 Å². The smallest absolute Gasteiger partial charge is 0.348 e. The zero-order chi connectivity index (χ0) is 24.1. The number of aliphatic hydroxyl groups excluding tert-OH is 1. The van der Waals surface area contributed by atoms with Crippen LogP contribution in [-0.4, -0.2) is 64.9 Å². The fourth-order valence-electron chi connectivity index (χ4n) is 7.70. The molecule has 2 bridgehead atoms. The van der Waals surface area contributed by atoms with Crippen LogP contribution in [0, 0.1) is 34.5 Å². The lowest BCUT2D eigenvalue weighted by Crippen LogP contribution is -2.69. The van der Waals surface area contributed by atoms with Gasteiger partial charge in [0.1, 0.15) is 18.3 Å². The van der Waals surface area contributed by atoms with Crippen LogP contribution in [0.4, 0.5) is 0 Å². The molecule has 0 unspecified atom stereocenters. The molecule has 4 fully saturated rings. The monoisotopic (exact) mass is 464 g/mol. The maximum atomic E-state index is 13.2. The quantitative estimate of drug-likeness (QED) is 0.464. The molecule has 1 spiro atoms. The molecule has 9 nitrogen and oxygen atoms in total. The van der Waals surface area contributed by atoms with E-state index >= 15 is 0 Å². The zero-order valence-corrected chi connectivity index (χ0v) is 19.6. The van der Waals surface area contributed by atoms with Crippen LogP contribution in [0.25, 0.3) is 0 Å². The highest BCUT2D eigenvalue weighted by Crippen LogP contribution is 2.74. The predicted molar refractivity (Wildman–Crippen MR) is 111 cm³/mol. The van der Waals surface area contributed by atoms with Gasteiger partial charge in [-0.1, -0.05) is 27.7 Å². The fraction of sp³-hybridized carbons (Fsp3) is 0.792. The van der Waals surface area contributed by atoms with Crippen molar-refractivity contribution in [3.8, 4) is 0 Å². The third-order valence-electron chi connectivity index (χ3n) is 9.16. The van der Waals surface area contributed by atoms with E-state index in [0.29, 0.717) is 18.4 Å². The van der Waals surface area contributed by atoms with Crippen molar-refractivity contribution in [2.24, 2.45) is 34.5 Å². The van der Waals surface area contributed by atoms with Crippen LogP contribution in [-0.2, 0) is 33.3 Å². The van der Waals surface area contributed by atoms with Gasteiger partial charge in [-0.2, -0.15) is 0 Å². The summed E-state index contributed by atoms with van der Waals surface area (Å²) in [6.07, 6.45) is -1.56. The van der Waals surface area contributed by atoms with Gasteiger partial charge in [0.2, 0.25) is 6.10 Å². The zero-order valence-electron chi connectivity index (χ0n) is 19.6. The fourth-order valence-corrected chi connectivity index (χ4v) is 7.70. The maximum absolute atomic E-state index is 13.2. The van der Waals surface area contributed by atoms with Crippen LogP contribution in [0.2, 0.25) is 0 Å². The van der Waals surface area contributed by atoms with Gasteiger partial charge in [0, 0.05) is 28.7 Å². The summed E-state index contributed by atoms with van der Waals surface area (Å²) in [5.74, 6) is -5.88. The van der Waals surface area contributed by atoms with Crippen molar-refractivity contribution in [3.05, 3.63) is 11.6 Å². The summed E-state index contributed by atoms with van der Waals surface area (Å²) >= 11 is 0. The van der Waals surface area contributed by atoms with Crippen molar-refractivity contribution < 1.29 is 43.5 Å². The normalized spacial score (nSPS) is 50.9. The number of cyclic esters (lactones) is 1. The molecule has 9 heteroatoms. The molecule has 3 heterocycles. The number of ether oxygens (including phenoxy) is 4. The van der Waals surface area contributed by atoms with Crippen LogP contribution in [0.5, 0.6) is 0 Å². The van der Waals surface area contributed by atoms with E-state index in [1.54, 1.807) is 20.8 Å². The van der Waals surface area contributed by atoms with E-state index in [0.717, 1.165) is 0 Å². The van der Waals surface area contributed by atoms with E-state index < -0.39 is 82.6 Å². The molecule has 0 radical (unpaired) electrons. The third-order valence-corrected chi connectivity index (χ3v) is 9.16. The Bertz CT molecular complexity index is 944. The maximum Gasteiger partial charge on any atom is 0.348 e. The molecule has 0 aromatic rings. The van der Waals surface area contributed by atoms with E-state index in [4.69, 9.17) is 18.9 Å². The summed E-state index contributed by atoms with van der Waals surface area (Å²) in [6, 6.07) is 0. The number of esters is 3. The van der Waals surface area contributed by atoms with Crippen LogP contribution < -0.4 is 0 Å². The summed E-state index contributed by atoms with van der Waals surface area (Å²) in [4.78, 5) is 37.9. The molecule has 5 aliphatic rings. The molecule has 2 aliphatic carbocycles. The van der Waals surface area contributed by atoms with Gasteiger partial charge in [-0.3, -0.25) is 4.79 Å². The molecule has 182 valence electrons. The molecule has 0 aromatic carbocycles. The molecule has 5 rings (SSSR count). The first kappa shape index (κ1) is 22.8. The Kier molecular flexibility index (Phi) is 4.85. The Morgan fingerprint density at radius 3 is 2.64 bits per heavy atom. The van der Waals surface area contributed by atoms with E-state index in [1.807, 2.05) is 13.8 Å². The second-order valence-electron chi connectivity index (χ2n) is 10.9. The molecular formula is C24H32O9. The number of aliphatic hydroxyl groups is 2. The van der Waals surface area contributed by atoms with Crippen LogP contribution in [0.3, 0.4) is 0 Å². The standard InChI is InChI=1S/C24H32O9/c1-6-10(2)19(27)33-16-15-12(4)17(26)24(29)21-22(5,18-11(3)7-14(25)32-18)8-13(31-20(16)28)23(15,21)9-30-24/h7,10,12-13,15-18,21,26,29H,6,8-9H2,1-5H3/t10-,12-,13-,15-,16-,17-,18+,21-,22-,23+,24+/m1/s1. The summed E-state index contributed by atoms with van der Waals surface area (Å²) in [6.45, 7) is 9.03. The Balaban J connectivity index is 1.63. The highest BCUT2D eigenvalue weighted by atomic mass is 16.7. The molecule has 33 heavy (non-hydrogen) atoms. The minimum atomic E-state index is -1.91. The highest BCUT2D eigenvalue weighted by molar-refractivity contribution is 5.86. The van der Waals surface area contributed by atoms with Gasteiger partial charge >= 0.3 is 17.9 Å². The minimum absolute atomic E-state index is 0.0363. The van der Waals surface area contributed by atoms with Crippen LogP contribution in [0.15, 0.2) is 11.6 Å². The molecule has 3 aliphatic heterocycles. The first-order valence-corrected chi connectivity index (χ1v) is 11.8.